The Morgan fingerprint density at radius 3 is 2.64 bits per heavy atom. The molecule has 3 nitrogen and oxygen atoms in total. The van der Waals surface area contributed by atoms with E-state index < -0.39 is 0 Å². The molecule has 1 unspecified atom stereocenters. The summed E-state index contributed by atoms with van der Waals surface area (Å²) < 4.78 is 11.1. The van der Waals surface area contributed by atoms with Gasteiger partial charge in [-0.3, -0.25) is 0 Å². The summed E-state index contributed by atoms with van der Waals surface area (Å²) >= 11 is 0. The molecular weight excluding hydrogens is 308 g/mol. The molecule has 1 atom stereocenters. The molecule has 0 bridgehead atoms. The third-order valence-electron chi connectivity index (χ3n) is 5.69. The first kappa shape index (κ1) is 13.2. The van der Waals surface area contributed by atoms with Crippen LogP contribution in [0.1, 0.15) is 18.5 Å². The molecule has 0 N–H and O–H groups in total. The lowest BCUT2D eigenvalue weighted by atomic mass is 10.0. The fraction of sp³-hybridized carbons (Fsp3) is 0.136. The summed E-state index contributed by atoms with van der Waals surface area (Å²) in [6.45, 7) is 2.27. The van der Waals surface area contributed by atoms with E-state index in [1.807, 2.05) is 6.07 Å². The summed E-state index contributed by atoms with van der Waals surface area (Å²) in [6, 6.07) is 21.7. The van der Waals surface area contributed by atoms with Crippen LogP contribution in [0.3, 0.4) is 0 Å². The number of fused-ring (bicyclic) bond motifs is 9. The molecule has 0 aliphatic carbocycles. The standard InChI is InChI=1S/C22H17N2O/c1-13-14-11-12-16-15-7-3-6-10-19(15)25-21(16)20(14)22-23(2)17-8-4-5-9-18(17)24(13)22/h3-13H,1-2H3/q+1. The van der Waals surface area contributed by atoms with Crippen LogP contribution in [0.2, 0.25) is 0 Å². The molecule has 120 valence electrons. The van der Waals surface area contributed by atoms with Gasteiger partial charge >= 0.3 is 0 Å². The lowest BCUT2D eigenvalue weighted by Gasteiger charge is -2.04. The van der Waals surface area contributed by atoms with Crippen molar-refractivity contribution < 1.29 is 8.98 Å². The topological polar surface area (TPSA) is 21.9 Å². The SMILES string of the molecule is CC1c2ccc3c(oc4ccccc43)c2-c2n(C)c3ccccc3[n+]21. The zero-order valence-corrected chi connectivity index (χ0v) is 14.2. The third kappa shape index (κ3) is 1.45. The van der Waals surface area contributed by atoms with Crippen molar-refractivity contribution >= 4 is 33.0 Å². The summed E-state index contributed by atoms with van der Waals surface area (Å²) in [5.74, 6) is 1.23. The molecule has 0 fully saturated rings. The van der Waals surface area contributed by atoms with Gasteiger partial charge in [-0.1, -0.05) is 42.5 Å². The Hall–Kier alpha value is -3.07. The maximum atomic E-state index is 6.32. The molecule has 3 heterocycles. The van der Waals surface area contributed by atoms with E-state index in [1.54, 1.807) is 0 Å². The monoisotopic (exact) mass is 325 g/mol. The van der Waals surface area contributed by atoms with Crippen molar-refractivity contribution in [1.82, 2.24) is 4.57 Å². The van der Waals surface area contributed by atoms with Gasteiger partial charge in [0, 0.05) is 16.3 Å². The Morgan fingerprint density at radius 1 is 0.920 bits per heavy atom. The smallest absolute Gasteiger partial charge is 0.294 e. The fourth-order valence-electron chi connectivity index (χ4n) is 4.54. The van der Waals surface area contributed by atoms with Gasteiger partial charge in [-0.25, -0.2) is 9.13 Å². The van der Waals surface area contributed by atoms with Crippen LogP contribution in [-0.2, 0) is 7.05 Å². The molecule has 0 saturated heterocycles. The molecular formula is C22H17N2O+. The average molecular weight is 325 g/mol. The van der Waals surface area contributed by atoms with Crippen LogP contribution in [0.5, 0.6) is 0 Å². The van der Waals surface area contributed by atoms with Crippen molar-refractivity contribution in [2.24, 2.45) is 7.05 Å². The molecule has 1 aliphatic rings. The third-order valence-corrected chi connectivity index (χ3v) is 5.69. The van der Waals surface area contributed by atoms with E-state index in [4.69, 9.17) is 4.42 Å². The Morgan fingerprint density at radius 2 is 1.72 bits per heavy atom. The van der Waals surface area contributed by atoms with Crippen molar-refractivity contribution in [2.45, 2.75) is 13.0 Å². The minimum atomic E-state index is 0.300. The maximum absolute atomic E-state index is 6.32. The van der Waals surface area contributed by atoms with Gasteiger partial charge in [0.1, 0.15) is 17.2 Å². The van der Waals surface area contributed by atoms with Crippen molar-refractivity contribution in [2.75, 3.05) is 0 Å². The number of benzene rings is 3. The zero-order valence-electron chi connectivity index (χ0n) is 14.2. The second-order valence-corrected chi connectivity index (χ2v) is 6.92. The van der Waals surface area contributed by atoms with Crippen molar-refractivity contribution in [3.05, 3.63) is 66.2 Å². The first-order valence-corrected chi connectivity index (χ1v) is 8.69. The average Bonchev–Trinajstić information content (AvgIpc) is 3.26. The highest BCUT2D eigenvalue weighted by atomic mass is 16.3. The Labute approximate surface area is 144 Å². The number of furan rings is 1. The number of nitrogens with zero attached hydrogens (tertiary/aromatic N) is 2. The number of aryl methyl sites for hydroxylation is 1. The summed E-state index contributed by atoms with van der Waals surface area (Å²) in [5.41, 5.74) is 7.05. The minimum Gasteiger partial charge on any atom is -0.455 e. The van der Waals surface area contributed by atoms with E-state index in [9.17, 15) is 0 Å². The molecule has 0 amide bonds. The maximum Gasteiger partial charge on any atom is 0.294 e. The number of hydrogen-bond acceptors (Lipinski definition) is 1. The molecule has 0 spiro atoms. The molecule has 0 saturated carbocycles. The van der Waals surface area contributed by atoms with Crippen molar-refractivity contribution in [3.8, 4) is 11.4 Å². The second kappa shape index (κ2) is 4.31. The number of rotatable bonds is 0. The summed E-state index contributed by atoms with van der Waals surface area (Å²) in [7, 11) is 2.15. The summed E-state index contributed by atoms with van der Waals surface area (Å²) in [5, 5.41) is 2.38. The molecule has 25 heavy (non-hydrogen) atoms. The molecule has 3 aromatic carbocycles. The highest BCUT2D eigenvalue weighted by Crippen LogP contribution is 2.43. The summed E-state index contributed by atoms with van der Waals surface area (Å²) in [4.78, 5) is 0. The zero-order chi connectivity index (χ0) is 16.7. The molecule has 3 heteroatoms. The van der Waals surface area contributed by atoms with Gasteiger partial charge in [0.15, 0.2) is 16.6 Å². The highest BCUT2D eigenvalue weighted by molar-refractivity contribution is 6.10. The summed E-state index contributed by atoms with van der Waals surface area (Å²) in [6.07, 6.45) is 0. The number of hydrogen-bond donors (Lipinski definition) is 0. The van der Waals surface area contributed by atoms with Gasteiger partial charge < -0.3 is 4.42 Å². The van der Waals surface area contributed by atoms with Crippen LogP contribution >= 0.6 is 0 Å². The highest BCUT2D eigenvalue weighted by Gasteiger charge is 2.40. The van der Waals surface area contributed by atoms with E-state index in [0.717, 1.165) is 11.2 Å². The normalized spacial score (nSPS) is 16.0. The van der Waals surface area contributed by atoms with E-state index in [-0.39, 0.29) is 0 Å². The molecule has 1 aliphatic heterocycles. The van der Waals surface area contributed by atoms with Crippen LogP contribution in [-0.4, -0.2) is 4.57 Å². The lowest BCUT2D eigenvalue weighted by molar-refractivity contribution is -0.669. The minimum absolute atomic E-state index is 0.300. The largest absolute Gasteiger partial charge is 0.455 e. The van der Waals surface area contributed by atoms with E-state index in [0.29, 0.717) is 6.04 Å². The van der Waals surface area contributed by atoms with Gasteiger partial charge in [-0.2, -0.15) is 0 Å². The molecule has 0 radical (unpaired) electrons. The van der Waals surface area contributed by atoms with Gasteiger partial charge in [0.25, 0.3) is 5.82 Å². The van der Waals surface area contributed by atoms with E-state index >= 15 is 0 Å². The van der Waals surface area contributed by atoms with Crippen LogP contribution in [0.4, 0.5) is 0 Å². The van der Waals surface area contributed by atoms with Gasteiger partial charge in [-0.05, 0) is 25.1 Å². The van der Waals surface area contributed by atoms with Crippen LogP contribution < -0.4 is 4.57 Å². The first-order chi connectivity index (χ1) is 12.3. The van der Waals surface area contributed by atoms with Crippen LogP contribution in [0, 0.1) is 0 Å². The number of para-hydroxylation sites is 3. The predicted molar refractivity (Wildman–Crippen MR) is 99.6 cm³/mol. The number of imidazole rings is 1. The van der Waals surface area contributed by atoms with Crippen LogP contribution in [0.15, 0.2) is 65.1 Å². The second-order valence-electron chi connectivity index (χ2n) is 6.92. The Balaban J connectivity index is 1.85. The fourth-order valence-corrected chi connectivity index (χ4v) is 4.54. The lowest BCUT2D eigenvalue weighted by Crippen LogP contribution is -2.35. The van der Waals surface area contributed by atoms with Gasteiger partial charge in [0.05, 0.1) is 7.05 Å². The quantitative estimate of drug-likeness (QED) is 0.369. The predicted octanol–water partition coefficient (Wildman–Crippen LogP) is 4.95. The number of aromatic nitrogens is 2. The molecule has 6 rings (SSSR count). The first-order valence-electron chi connectivity index (χ1n) is 8.69. The Kier molecular flexibility index (Phi) is 2.28. The molecule has 2 aromatic heterocycles. The van der Waals surface area contributed by atoms with Gasteiger partial charge in [-0.15, -0.1) is 0 Å². The van der Waals surface area contributed by atoms with E-state index in [1.165, 1.54) is 38.8 Å². The van der Waals surface area contributed by atoms with E-state index in [2.05, 4.69) is 77.7 Å². The molecule has 5 aromatic rings. The van der Waals surface area contributed by atoms with Crippen LogP contribution in [0.25, 0.3) is 44.4 Å². The van der Waals surface area contributed by atoms with Gasteiger partial charge in [0.2, 0.25) is 0 Å². The Bertz CT molecular complexity index is 1320. The van der Waals surface area contributed by atoms with Crippen molar-refractivity contribution in [1.29, 1.82) is 0 Å². The van der Waals surface area contributed by atoms with Crippen molar-refractivity contribution in [3.63, 3.8) is 0 Å².